The van der Waals surface area contributed by atoms with Crippen molar-refractivity contribution in [1.82, 2.24) is 9.97 Å². The molecule has 0 saturated carbocycles. The first-order valence-corrected chi connectivity index (χ1v) is 3.77. The van der Waals surface area contributed by atoms with Crippen molar-refractivity contribution in [3.05, 3.63) is 36.2 Å². The Hall–Kier alpha value is -1.65. The van der Waals surface area contributed by atoms with E-state index in [1.807, 2.05) is 0 Å². The summed E-state index contributed by atoms with van der Waals surface area (Å²) in [5.74, 6) is 0. The molecule has 0 unspecified atom stereocenters. The molecule has 0 N–H and O–H groups in total. The van der Waals surface area contributed by atoms with Crippen LogP contribution in [0.25, 0.3) is 11.0 Å². The minimum absolute atomic E-state index is 0.221. The van der Waals surface area contributed by atoms with Gasteiger partial charge in [-0.3, -0.25) is 4.98 Å². The quantitative estimate of drug-likeness (QED) is 0.648. The minimum atomic E-state index is -4.44. The molecule has 0 aliphatic carbocycles. The number of alkyl halides is 3. The van der Waals surface area contributed by atoms with Crippen LogP contribution in [-0.2, 0) is 6.18 Å². The smallest absolute Gasteiger partial charge is 0.252 e. The molecule has 0 aliphatic heterocycles. The van der Waals surface area contributed by atoms with Crippen molar-refractivity contribution in [2.24, 2.45) is 0 Å². The molecule has 2 nitrogen and oxygen atoms in total. The van der Waals surface area contributed by atoms with E-state index in [0.717, 1.165) is 6.20 Å². The molecule has 0 spiro atoms. The van der Waals surface area contributed by atoms with E-state index in [4.69, 9.17) is 0 Å². The normalized spacial score (nSPS) is 11.9. The van der Waals surface area contributed by atoms with Gasteiger partial charge in [0.15, 0.2) is 5.69 Å². The first-order valence-electron chi connectivity index (χ1n) is 3.77. The number of rotatable bonds is 0. The van der Waals surface area contributed by atoms with E-state index in [2.05, 4.69) is 16.0 Å². The van der Waals surface area contributed by atoms with Crippen molar-refractivity contribution in [2.75, 3.05) is 0 Å². The molecule has 0 atom stereocenters. The topological polar surface area (TPSA) is 25.8 Å². The van der Waals surface area contributed by atoms with Gasteiger partial charge in [0.1, 0.15) is 0 Å². The van der Waals surface area contributed by atoms with E-state index in [9.17, 15) is 13.2 Å². The van der Waals surface area contributed by atoms with Crippen LogP contribution in [0.2, 0.25) is 0 Å². The third kappa shape index (κ3) is 1.53. The Balaban J connectivity index is 2.63. The second-order valence-corrected chi connectivity index (χ2v) is 2.67. The van der Waals surface area contributed by atoms with Crippen molar-refractivity contribution in [3.8, 4) is 0 Å². The zero-order chi connectivity index (χ0) is 10.2. The van der Waals surface area contributed by atoms with Crippen molar-refractivity contribution in [3.63, 3.8) is 0 Å². The summed E-state index contributed by atoms with van der Waals surface area (Å²) in [6.45, 7) is 0. The maximum absolute atomic E-state index is 12.2. The Morgan fingerprint density at radius 2 is 2.00 bits per heavy atom. The molecule has 2 aromatic rings. The van der Waals surface area contributed by atoms with Crippen LogP contribution in [0.4, 0.5) is 13.2 Å². The number of hydrogen-bond donors (Lipinski definition) is 0. The fourth-order valence-electron chi connectivity index (χ4n) is 1.04. The van der Waals surface area contributed by atoms with Gasteiger partial charge in [0.25, 0.3) is 0 Å². The minimum Gasteiger partial charge on any atom is -0.252 e. The highest BCUT2D eigenvalue weighted by molar-refractivity contribution is 5.73. The van der Waals surface area contributed by atoms with Gasteiger partial charge in [-0.1, -0.05) is 6.07 Å². The molecule has 0 amide bonds. The zero-order valence-corrected chi connectivity index (χ0v) is 6.84. The largest absolute Gasteiger partial charge is 0.434 e. The summed E-state index contributed by atoms with van der Waals surface area (Å²) in [6.07, 6.45) is -3.73. The van der Waals surface area contributed by atoms with E-state index in [-0.39, 0.29) is 5.52 Å². The maximum atomic E-state index is 12.2. The van der Waals surface area contributed by atoms with Gasteiger partial charge in [-0.2, -0.15) is 13.2 Å². The van der Waals surface area contributed by atoms with Crippen LogP contribution in [0, 0.1) is 6.07 Å². The van der Waals surface area contributed by atoms with Gasteiger partial charge < -0.3 is 0 Å². The second-order valence-electron chi connectivity index (χ2n) is 2.67. The van der Waals surface area contributed by atoms with Crippen molar-refractivity contribution in [1.29, 1.82) is 0 Å². The lowest BCUT2D eigenvalue weighted by atomic mass is 10.3. The molecule has 0 aliphatic rings. The molecule has 71 valence electrons. The van der Waals surface area contributed by atoms with Gasteiger partial charge in [-0.25, -0.2) is 4.98 Å². The SMILES string of the molecule is FC(F)(F)c1cnc2c[c]ccc2n1. The number of benzene rings is 1. The van der Waals surface area contributed by atoms with Crippen LogP contribution < -0.4 is 0 Å². The summed E-state index contributed by atoms with van der Waals surface area (Å²) in [6, 6.07) is 7.14. The van der Waals surface area contributed by atoms with Crippen LogP contribution in [0.5, 0.6) is 0 Å². The van der Waals surface area contributed by atoms with Crippen LogP contribution >= 0.6 is 0 Å². The summed E-state index contributed by atoms with van der Waals surface area (Å²) in [4.78, 5) is 7.07. The molecule has 14 heavy (non-hydrogen) atoms. The van der Waals surface area contributed by atoms with Gasteiger partial charge in [0, 0.05) is 0 Å². The third-order valence-corrected chi connectivity index (χ3v) is 1.68. The van der Waals surface area contributed by atoms with E-state index in [1.165, 1.54) is 18.2 Å². The molecular formula is C9H4F3N2. The summed E-state index contributed by atoms with van der Waals surface area (Å²) in [5, 5.41) is 0. The third-order valence-electron chi connectivity index (χ3n) is 1.68. The highest BCUT2D eigenvalue weighted by Gasteiger charge is 2.32. The molecule has 0 bridgehead atoms. The highest BCUT2D eigenvalue weighted by atomic mass is 19.4. The Morgan fingerprint density at radius 1 is 1.21 bits per heavy atom. The van der Waals surface area contributed by atoms with Gasteiger partial charge in [0.05, 0.1) is 17.2 Å². The molecule has 0 saturated heterocycles. The Morgan fingerprint density at radius 3 is 2.71 bits per heavy atom. The Labute approximate surface area is 77.4 Å². The van der Waals surface area contributed by atoms with Crippen LogP contribution in [0.3, 0.4) is 0 Å². The van der Waals surface area contributed by atoms with Crippen molar-refractivity contribution in [2.45, 2.75) is 6.18 Å². The summed E-state index contributed by atoms with van der Waals surface area (Å²) >= 11 is 0. The number of halogens is 3. The van der Waals surface area contributed by atoms with Gasteiger partial charge in [-0.05, 0) is 18.2 Å². The standard InChI is InChI=1S/C9H4F3N2/c10-9(11,12)8-5-13-6-3-1-2-4-7(6)14-8/h2-5H. The van der Waals surface area contributed by atoms with Crippen LogP contribution in [-0.4, -0.2) is 9.97 Å². The molecule has 1 heterocycles. The Bertz CT molecular complexity index is 465. The van der Waals surface area contributed by atoms with E-state index in [1.54, 1.807) is 0 Å². The molecule has 5 heteroatoms. The molecule has 1 aromatic heterocycles. The second kappa shape index (κ2) is 2.94. The number of fused-ring (bicyclic) bond motifs is 1. The van der Waals surface area contributed by atoms with Gasteiger partial charge in [-0.15, -0.1) is 0 Å². The fourth-order valence-corrected chi connectivity index (χ4v) is 1.04. The first kappa shape index (κ1) is 8.93. The summed E-state index contributed by atoms with van der Waals surface area (Å²) < 4.78 is 36.6. The number of nitrogens with zero attached hydrogens (tertiary/aromatic N) is 2. The van der Waals surface area contributed by atoms with Crippen molar-refractivity contribution >= 4 is 11.0 Å². The van der Waals surface area contributed by atoms with Gasteiger partial charge in [0.2, 0.25) is 0 Å². The predicted octanol–water partition coefficient (Wildman–Crippen LogP) is 2.45. The molecular weight excluding hydrogens is 193 g/mol. The van der Waals surface area contributed by atoms with Crippen molar-refractivity contribution < 1.29 is 13.2 Å². The van der Waals surface area contributed by atoms with Gasteiger partial charge >= 0.3 is 6.18 Å². The van der Waals surface area contributed by atoms with E-state index in [0.29, 0.717) is 5.52 Å². The lowest BCUT2D eigenvalue weighted by molar-refractivity contribution is -0.141. The summed E-state index contributed by atoms with van der Waals surface area (Å²) in [5.41, 5.74) is -0.352. The predicted molar refractivity (Wildman–Crippen MR) is 43.4 cm³/mol. The summed E-state index contributed by atoms with van der Waals surface area (Å²) in [7, 11) is 0. The molecule has 2 rings (SSSR count). The highest BCUT2D eigenvalue weighted by Crippen LogP contribution is 2.27. The maximum Gasteiger partial charge on any atom is 0.434 e. The average Bonchev–Trinajstić information content (AvgIpc) is 2.16. The Kier molecular flexibility index (Phi) is 1.87. The molecule has 1 radical (unpaired) electrons. The number of hydrogen-bond acceptors (Lipinski definition) is 2. The van der Waals surface area contributed by atoms with Crippen LogP contribution in [0.1, 0.15) is 5.69 Å². The lowest BCUT2D eigenvalue weighted by Crippen LogP contribution is -2.08. The van der Waals surface area contributed by atoms with E-state index >= 15 is 0 Å². The zero-order valence-electron chi connectivity index (χ0n) is 6.84. The first-order chi connectivity index (χ1) is 6.57. The molecule has 0 fully saturated rings. The fraction of sp³-hybridized carbons (Fsp3) is 0.111. The number of aromatic nitrogens is 2. The van der Waals surface area contributed by atoms with E-state index < -0.39 is 11.9 Å². The monoisotopic (exact) mass is 197 g/mol. The molecule has 1 aromatic carbocycles. The van der Waals surface area contributed by atoms with Crippen LogP contribution in [0.15, 0.2) is 24.4 Å². The average molecular weight is 197 g/mol. The lowest BCUT2D eigenvalue weighted by Gasteiger charge is -2.05.